The summed E-state index contributed by atoms with van der Waals surface area (Å²) in [5.41, 5.74) is 0.0298. The summed E-state index contributed by atoms with van der Waals surface area (Å²) < 4.78 is 11.2. The lowest BCUT2D eigenvalue weighted by atomic mass is 10.1. The molecule has 0 radical (unpaired) electrons. The van der Waals surface area contributed by atoms with Crippen molar-refractivity contribution < 1.29 is 14.3 Å². The van der Waals surface area contributed by atoms with Gasteiger partial charge in [0.2, 0.25) is 6.29 Å². The predicted octanol–water partition coefficient (Wildman–Crippen LogP) is 2.60. The van der Waals surface area contributed by atoms with Crippen molar-refractivity contribution >= 4 is 5.97 Å². The number of esters is 1. The number of rotatable bonds is 4. The molecule has 0 aromatic rings. The molecule has 100 valence electrons. The van der Waals surface area contributed by atoms with Gasteiger partial charge in [0.05, 0.1) is 5.92 Å². The second-order valence-electron chi connectivity index (χ2n) is 6.28. The maximum atomic E-state index is 11.7. The Morgan fingerprint density at radius 3 is 2.56 bits per heavy atom. The van der Waals surface area contributed by atoms with Crippen molar-refractivity contribution in [3.05, 3.63) is 0 Å². The van der Waals surface area contributed by atoms with Gasteiger partial charge in [-0.15, -0.1) is 5.92 Å². The lowest BCUT2D eigenvalue weighted by molar-refractivity contribution is -0.182. The van der Waals surface area contributed by atoms with Crippen molar-refractivity contribution in [1.82, 2.24) is 0 Å². The lowest BCUT2D eigenvalue weighted by Crippen LogP contribution is -2.28. The van der Waals surface area contributed by atoms with Crippen LogP contribution in [-0.2, 0) is 14.3 Å². The summed E-state index contributed by atoms with van der Waals surface area (Å²) in [6.45, 7) is 10.3. The number of carbonyl (C=O) groups is 1. The van der Waals surface area contributed by atoms with Gasteiger partial charge in [0.25, 0.3) is 0 Å². The lowest BCUT2D eigenvalue weighted by Gasteiger charge is -2.22. The molecule has 4 atom stereocenters. The highest BCUT2D eigenvalue weighted by Gasteiger charge is 2.72. The van der Waals surface area contributed by atoms with Crippen LogP contribution in [0.25, 0.3) is 0 Å². The number of fused-ring (bicyclic) bond motifs is 1. The van der Waals surface area contributed by atoms with E-state index in [1.54, 1.807) is 6.92 Å². The van der Waals surface area contributed by atoms with Gasteiger partial charge in [0.1, 0.15) is 6.10 Å². The molecular formula is C15H22O3. The number of ether oxygens (including phenoxy) is 2. The highest BCUT2D eigenvalue weighted by atomic mass is 16.7. The summed E-state index contributed by atoms with van der Waals surface area (Å²) >= 11 is 0. The first-order valence-electron chi connectivity index (χ1n) is 6.66. The summed E-state index contributed by atoms with van der Waals surface area (Å²) in [6.07, 6.45) is 0.331. The summed E-state index contributed by atoms with van der Waals surface area (Å²) in [6, 6.07) is 0. The molecule has 1 saturated carbocycles. The zero-order chi connectivity index (χ0) is 13.5. The van der Waals surface area contributed by atoms with Crippen molar-refractivity contribution in [3.8, 4) is 11.8 Å². The molecule has 1 aliphatic carbocycles. The molecule has 2 aliphatic rings. The molecule has 3 heteroatoms. The largest absolute Gasteiger partial charge is 0.435 e. The van der Waals surface area contributed by atoms with Crippen molar-refractivity contribution in [2.24, 2.45) is 23.2 Å². The van der Waals surface area contributed by atoms with E-state index in [4.69, 9.17) is 9.47 Å². The Labute approximate surface area is 109 Å². The first kappa shape index (κ1) is 13.4. The van der Waals surface area contributed by atoms with E-state index in [2.05, 4.69) is 39.5 Å². The number of hydrogen-bond acceptors (Lipinski definition) is 3. The second-order valence-corrected chi connectivity index (χ2v) is 6.28. The molecule has 2 fully saturated rings. The maximum Gasteiger partial charge on any atom is 0.312 e. The average molecular weight is 250 g/mol. The third-order valence-corrected chi connectivity index (χ3v) is 3.98. The number of cyclic esters (lactones) is 1. The van der Waals surface area contributed by atoms with Crippen molar-refractivity contribution in [2.75, 3.05) is 0 Å². The molecule has 0 aromatic heterocycles. The van der Waals surface area contributed by atoms with Crippen LogP contribution < -0.4 is 0 Å². The zero-order valence-corrected chi connectivity index (χ0v) is 11.8. The van der Waals surface area contributed by atoms with Crippen LogP contribution in [0.5, 0.6) is 0 Å². The van der Waals surface area contributed by atoms with Crippen LogP contribution in [0.2, 0.25) is 0 Å². The molecule has 1 saturated heterocycles. The minimum Gasteiger partial charge on any atom is -0.435 e. The Morgan fingerprint density at radius 2 is 2.11 bits per heavy atom. The minimum atomic E-state index is -0.401. The van der Waals surface area contributed by atoms with E-state index in [0.29, 0.717) is 5.92 Å². The Bertz CT molecular complexity index is 400. The van der Waals surface area contributed by atoms with Gasteiger partial charge in [-0.25, -0.2) is 0 Å². The van der Waals surface area contributed by atoms with Crippen LogP contribution in [0, 0.1) is 35.0 Å². The molecule has 1 heterocycles. The molecule has 1 aliphatic heterocycles. The summed E-state index contributed by atoms with van der Waals surface area (Å²) in [5, 5.41) is 0. The monoisotopic (exact) mass is 250 g/mol. The molecule has 0 amide bonds. The fourth-order valence-electron chi connectivity index (χ4n) is 2.91. The molecule has 2 rings (SSSR count). The Kier molecular flexibility index (Phi) is 3.42. The molecule has 3 nitrogen and oxygen atoms in total. The van der Waals surface area contributed by atoms with Gasteiger partial charge in [0, 0.05) is 5.92 Å². The van der Waals surface area contributed by atoms with Crippen molar-refractivity contribution in [2.45, 2.75) is 53.4 Å². The average Bonchev–Trinajstić information content (AvgIpc) is 2.60. The first-order chi connectivity index (χ1) is 8.37. The topological polar surface area (TPSA) is 35.5 Å². The Morgan fingerprint density at radius 1 is 1.44 bits per heavy atom. The van der Waals surface area contributed by atoms with Gasteiger partial charge in [-0.05, 0) is 24.7 Å². The summed E-state index contributed by atoms with van der Waals surface area (Å²) in [4.78, 5) is 11.7. The normalized spacial score (nSPS) is 33.4. The van der Waals surface area contributed by atoms with Crippen LogP contribution in [0.3, 0.4) is 0 Å². The quantitative estimate of drug-likeness (QED) is 0.568. The standard InChI is InChI=1S/C15H22O3/c1-6-7-10(8-9(2)3)17-14-12-11(13(16)18-14)15(12,4)5/h9-12,14H,8H2,1-5H3/t10-,11-,12+,14+/m0/s1. The highest BCUT2D eigenvalue weighted by molar-refractivity contribution is 5.80. The predicted molar refractivity (Wildman–Crippen MR) is 68.4 cm³/mol. The van der Waals surface area contributed by atoms with E-state index < -0.39 is 6.29 Å². The fraction of sp³-hybridized carbons (Fsp3) is 0.800. The molecule has 0 aromatic carbocycles. The van der Waals surface area contributed by atoms with E-state index >= 15 is 0 Å². The third-order valence-electron chi connectivity index (χ3n) is 3.98. The zero-order valence-electron chi connectivity index (χ0n) is 11.8. The van der Waals surface area contributed by atoms with Gasteiger partial charge in [-0.1, -0.05) is 33.6 Å². The van der Waals surface area contributed by atoms with E-state index in [9.17, 15) is 4.79 Å². The Balaban J connectivity index is 2.00. The van der Waals surface area contributed by atoms with Gasteiger partial charge >= 0.3 is 5.97 Å². The van der Waals surface area contributed by atoms with Crippen LogP contribution >= 0.6 is 0 Å². The van der Waals surface area contributed by atoms with Crippen LogP contribution in [0.1, 0.15) is 41.0 Å². The number of hydrogen-bond donors (Lipinski definition) is 0. The number of carbonyl (C=O) groups excluding carboxylic acids is 1. The van der Waals surface area contributed by atoms with Crippen LogP contribution in [-0.4, -0.2) is 18.4 Å². The highest BCUT2D eigenvalue weighted by Crippen LogP contribution is 2.64. The van der Waals surface area contributed by atoms with Crippen molar-refractivity contribution in [1.29, 1.82) is 0 Å². The summed E-state index contributed by atoms with van der Waals surface area (Å²) in [5.74, 6) is 6.58. The smallest absolute Gasteiger partial charge is 0.312 e. The molecule has 0 N–H and O–H groups in total. The van der Waals surface area contributed by atoms with Gasteiger partial charge < -0.3 is 9.47 Å². The van der Waals surface area contributed by atoms with Crippen LogP contribution in [0.15, 0.2) is 0 Å². The third kappa shape index (κ3) is 2.27. The SMILES string of the molecule is CC#C[C@@H](CC(C)C)O[C@@H]1OC(=O)[C@@H]2[C@H]1C2(C)C. The Hall–Kier alpha value is -1.01. The maximum absolute atomic E-state index is 11.7. The minimum absolute atomic E-state index is 0.0248. The molecular weight excluding hydrogens is 228 g/mol. The van der Waals surface area contributed by atoms with Gasteiger partial charge in [-0.3, -0.25) is 4.79 Å². The van der Waals surface area contributed by atoms with E-state index in [0.717, 1.165) is 6.42 Å². The molecule has 0 spiro atoms. The fourth-order valence-corrected chi connectivity index (χ4v) is 2.91. The van der Waals surface area contributed by atoms with E-state index in [1.807, 2.05) is 0 Å². The first-order valence-corrected chi connectivity index (χ1v) is 6.66. The molecule has 0 bridgehead atoms. The second kappa shape index (κ2) is 4.59. The van der Waals surface area contributed by atoms with E-state index in [1.165, 1.54) is 0 Å². The van der Waals surface area contributed by atoms with E-state index in [-0.39, 0.29) is 29.3 Å². The molecule has 0 unspecified atom stereocenters. The summed E-state index contributed by atoms with van der Waals surface area (Å²) in [7, 11) is 0. The van der Waals surface area contributed by atoms with Gasteiger partial charge in [-0.2, -0.15) is 0 Å². The molecule has 18 heavy (non-hydrogen) atoms. The van der Waals surface area contributed by atoms with Crippen LogP contribution in [0.4, 0.5) is 0 Å². The van der Waals surface area contributed by atoms with Gasteiger partial charge in [0.15, 0.2) is 0 Å². The van der Waals surface area contributed by atoms with Crippen molar-refractivity contribution in [3.63, 3.8) is 0 Å².